The van der Waals surface area contributed by atoms with Crippen LogP contribution in [-0.2, 0) is 9.53 Å². The van der Waals surface area contributed by atoms with Crippen LogP contribution in [0, 0.1) is 11.3 Å². The van der Waals surface area contributed by atoms with Crippen molar-refractivity contribution in [1.82, 2.24) is 15.2 Å². The van der Waals surface area contributed by atoms with Crippen LogP contribution in [0.5, 0.6) is 5.75 Å². The van der Waals surface area contributed by atoms with Crippen molar-refractivity contribution in [2.75, 3.05) is 50.8 Å². The van der Waals surface area contributed by atoms with Gasteiger partial charge < -0.3 is 20.1 Å². The molecular weight excluding hydrogens is 466 g/mol. The van der Waals surface area contributed by atoms with Gasteiger partial charge in [0.05, 0.1) is 30.5 Å². The summed E-state index contributed by atoms with van der Waals surface area (Å²) in [4.78, 5) is 22.5. The molecule has 1 atom stereocenters. The van der Waals surface area contributed by atoms with Crippen LogP contribution >= 0.6 is 0 Å². The molecule has 37 heavy (non-hydrogen) atoms. The van der Waals surface area contributed by atoms with Crippen molar-refractivity contribution in [3.05, 3.63) is 66.2 Å². The third kappa shape index (κ3) is 5.74. The van der Waals surface area contributed by atoms with Crippen molar-refractivity contribution in [2.24, 2.45) is 0 Å². The molecule has 2 aromatic carbocycles. The molecule has 0 spiro atoms. The van der Waals surface area contributed by atoms with E-state index in [1.807, 2.05) is 36.4 Å². The Morgan fingerprint density at radius 3 is 2.62 bits per heavy atom. The maximum Gasteiger partial charge on any atom is 0.242 e. The van der Waals surface area contributed by atoms with Gasteiger partial charge in [0.2, 0.25) is 5.91 Å². The number of benzene rings is 2. The van der Waals surface area contributed by atoms with Gasteiger partial charge in [0.15, 0.2) is 0 Å². The van der Waals surface area contributed by atoms with Crippen molar-refractivity contribution in [1.29, 1.82) is 5.26 Å². The highest BCUT2D eigenvalue weighted by Crippen LogP contribution is 2.35. The molecule has 2 fully saturated rings. The Morgan fingerprint density at radius 2 is 1.86 bits per heavy atom. The molecule has 8 heteroatoms. The smallest absolute Gasteiger partial charge is 0.242 e. The first kappa shape index (κ1) is 24.8. The van der Waals surface area contributed by atoms with Crippen LogP contribution in [0.25, 0.3) is 22.4 Å². The second-order valence-corrected chi connectivity index (χ2v) is 9.40. The number of aromatic nitrogens is 1. The van der Waals surface area contributed by atoms with E-state index in [9.17, 15) is 15.2 Å². The summed E-state index contributed by atoms with van der Waals surface area (Å²) < 4.78 is 5.40. The minimum Gasteiger partial charge on any atom is -0.507 e. The first-order valence-corrected chi connectivity index (χ1v) is 12.8. The number of nitriles is 1. The van der Waals surface area contributed by atoms with E-state index in [0.29, 0.717) is 29.2 Å². The molecule has 0 radical (unpaired) electrons. The van der Waals surface area contributed by atoms with Crippen LogP contribution in [-0.4, -0.2) is 72.9 Å². The Bertz CT molecular complexity index is 1280. The lowest BCUT2D eigenvalue weighted by atomic mass is 10.0. The topological polar surface area (TPSA) is 102 Å². The molecule has 1 amide bonds. The molecule has 8 nitrogen and oxygen atoms in total. The number of nitrogens with zero attached hydrogens (tertiary/aromatic N) is 4. The lowest BCUT2D eigenvalue weighted by molar-refractivity contribution is -0.122. The molecular formula is C29H31N5O3. The van der Waals surface area contributed by atoms with Gasteiger partial charge >= 0.3 is 0 Å². The molecule has 2 aliphatic heterocycles. The number of anilines is 1. The number of carbonyl (C=O) groups is 1. The number of phenols is 1. The number of rotatable bonds is 7. The van der Waals surface area contributed by atoms with Gasteiger partial charge in [-0.3, -0.25) is 9.69 Å². The Morgan fingerprint density at radius 1 is 1.08 bits per heavy atom. The number of hydrogen-bond acceptors (Lipinski definition) is 7. The first-order valence-electron chi connectivity index (χ1n) is 12.8. The van der Waals surface area contributed by atoms with Gasteiger partial charge in [0.25, 0.3) is 0 Å². The van der Waals surface area contributed by atoms with Crippen LogP contribution in [0.15, 0.2) is 60.7 Å². The van der Waals surface area contributed by atoms with Crippen molar-refractivity contribution < 1.29 is 14.6 Å². The van der Waals surface area contributed by atoms with E-state index < -0.39 is 0 Å². The highest BCUT2D eigenvalue weighted by Gasteiger charge is 2.32. The maximum absolute atomic E-state index is 13.2. The van der Waals surface area contributed by atoms with Crippen LogP contribution in [0.2, 0.25) is 0 Å². The molecule has 2 aliphatic rings. The van der Waals surface area contributed by atoms with Gasteiger partial charge in [0.1, 0.15) is 17.6 Å². The number of morpholine rings is 1. The van der Waals surface area contributed by atoms with Gasteiger partial charge in [-0.1, -0.05) is 24.3 Å². The molecule has 0 aliphatic carbocycles. The highest BCUT2D eigenvalue weighted by molar-refractivity contribution is 5.86. The molecule has 2 N–H and O–H groups in total. The Hall–Kier alpha value is -3.93. The predicted octanol–water partition coefficient (Wildman–Crippen LogP) is 3.41. The largest absolute Gasteiger partial charge is 0.507 e. The fourth-order valence-electron chi connectivity index (χ4n) is 4.99. The van der Waals surface area contributed by atoms with Crippen molar-refractivity contribution in [3.63, 3.8) is 0 Å². The number of ether oxygens (including phenoxy) is 1. The molecule has 5 rings (SSSR count). The van der Waals surface area contributed by atoms with Gasteiger partial charge in [-0.25, -0.2) is 4.98 Å². The first-order chi connectivity index (χ1) is 18.1. The highest BCUT2D eigenvalue weighted by atomic mass is 16.5. The van der Waals surface area contributed by atoms with E-state index in [0.717, 1.165) is 63.4 Å². The molecule has 2 saturated heterocycles. The molecule has 0 unspecified atom stereocenters. The van der Waals surface area contributed by atoms with Crippen molar-refractivity contribution >= 4 is 11.7 Å². The number of aromatic hydroxyl groups is 1. The summed E-state index contributed by atoms with van der Waals surface area (Å²) in [6, 6.07) is 20.3. The lowest BCUT2D eigenvalue weighted by Crippen LogP contribution is -2.47. The van der Waals surface area contributed by atoms with E-state index >= 15 is 0 Å². The summed E-state index contributed by atoms with van der Waals surface area (Å²) in [6.45, 7) is 5.41. The minimum atomic E-state index is -0.300. The summed E-state index contributed by atoms with van der Waals surface area (Å²) >= 11 is 0. The summed E-state index contributed by atoms with van der Waals surface area (Å²) in [5.41, 5.74) is 3.70. The number of pyridine rings is 1. The predicted molar refractivity (Wildman–Crippen MR) is 142 cm³/mol. The Labute approximate surface area is 217 Å². The van der Waals surface area contributed by atoms with Crippen LogP contribution < -0.4 is 10.2 Å². The average Bonchev–Trinajstić information content (AvgIpc) is 3.44. The minimum absolute atomic E-state index is 0.0143. The zero-order chi connectivity index (χ0) is 25.6. The van der Waals surface area contributed by atoms with Gasteiger partial charge in [0, 0.05) is 38.3 Å². The second kappa shape index (κ2) is 11.4. The standard InChI is InChI=1S/C29H31N5O3/c30-20-21-7-9-22(10-8-21)23-18-25(24-4-1-2-6-27(24)35)32-28(19-23)34-12-3-5-26(34)29(36)31-11-13-33-14-16-37-17-15-33/h1-2,4,6-10,18-19,26,35H,3,5,11-17H2,(H,31,36)/t26-/m0/s1. The second-order valence-electron chi connectivity index (χ2n) is 9.40. The number of hydrogen-bond donors (Lipinski definition) is 2. The van der Waals surface area contributed by atoms with E-state index in [1.165, 1.54) is 0 Å². The zero-order valence-corrected chi connectivity index (χ0v) is 20.8. The number of phenolic OH excluding ortho intramolecular Hbond substituents is 1. The van der Waals surface area contributed by atoms with Crippen molar-refractivity contribution in [3.8, 4) is 34.2 Å². The van der Waals surface area contributed by atoms with Crippen LogP contribution in [0.4, 0.5) is 5.82 Å². The third-order valence-corrected chi connectivity index (χ3v) is 7.02. The van der Waals surface area contributed by atoms with Gasteiger partial charge in [-0.05, 0) is 60.4 Å². The normalized spacial score (nSPS) is 17.9. The summed E-state index contributed by atoms with van der Waals surface area (Å²) in [6.07, 6.45) is 1.66. The van der Waals surface area contributed by atoms with Crippen LogP contribution in [0.1, 0.15) is 18.4 Å². The van der Waals surface area contributed by atoms with E-state index in [1.54, 1.807) is 24.3 Å². The van der Waals surface area contributed by atoms with Gasteiger partial charge in [-0.2, -0.15) is 5.26 Å². The fraction of sp³-hybridized carbons (Fsp3) is 0.345. The summed E-state index contributed by atoms with van der Waals surface area (Å²) in [7, 11) is 0. The number of nitrogens with one attached hydrogen (secondary N) is 1. The summed E-state index contributed by atoms with van der Waals surface area (Å²) in [5, 5.41) is 22.8. The zero-order valence-electron chi connectivity index (χ0n) is 20.8. The SMILES string of the molecule is N#Cc1ccc(-c2cc(-c3ccccc3O)nc(N3CCC[C@H]3C(=O)NCCN3CCOCC3)c2)cc1. The fourth-order valence-corrected chi connectivity index (χ4v) is 4.99. The third-order valence-electron chi connectivity index (χ3n) is 7.02. The Kier molecular flexibility index (Phi) is 7.64. The number of carbonyl (C=O) groups excluding carboxylic acids is 1. The Balaban J connectivity index is 1.41. The molecule has 0 bridgehead atoms. The number of amides is 1. The van der Waals surface area contributed by atoms with E-state index in [2.05, 4.69) is 21.2 Å². The molecule has 0 saturated carbocycles. The summed E-state index contributed by atoms with van der Waals surface area (Å²) in [5.74, 6) is 0.864. The molecule has 1 aromatic heterocycles. The molecule has 3 aromatic rings. The maximum atomic E-state index is 13.2. The molecule has 190 valence electrons. The average molecular weight is 498 g/mol. The van der Waals surface area contributed by atoms with Crippen LogP contribution in [0.3, 0.4) is 0 Å². The molecule has 3 heterocycles. The van der Waals surface area contributed by atoms with Gasteiger partial charge in [-0.15, -0.1) is 0 Å². The van der Waals surface area contributed by atoms with Crippen molar-refractivity contribution in [2.45, 2.75) is 18.9 Å². The van der Waals surface area contributed by atoms with E-state index in [-0.39, 0.29) is 17.7 Å². The monoisotopic (exact) mass is 497 g/mol. The lowest BCUT2D eigenvalue weighted by Gasteiger charge is -2.28. The van der Waals surface area contributed by atoms with E-state index in [4.69, 9.17) is 9.72 Å². The number of para-hydroxylation sites is 1. The quantitative estimate of drug-likeness (QED) is 0.516.